The van der Waals surface area contributed by atoms with Crippen molar-refractivity contribution in [1.29, 1.82) is 0 Å². The number of ether oxygens (including phenoxy) is 1. The number of amides is 1. The second-order valence-electron chi connectivity index (χ2n) is 5.88. The molecule has 1 aliphatic heterocycles. The molecule has 110 valence electrons. The van der Waals surface area contributed by atoms with Gasteiger partial charge in [0.25, 0.3) is 0 Å². The van der Waals surface area contributed by atoms with Crippen LogP contribution in [0, 0.1) is 17.5 Å². The van der Waals surface area contributed by atoms with Crippen LogP contribution in [0.2, 0.25) is 0 Å². The second kappa shape index (κ2) is 5.00. The highest BCUT2D eigenvalue weighted by molar-refractivity contribution is 5.69. The van der Waals surface area contributed by atoms with E-state index < -0.39 is 29.1 Å². The van der Waals surface area contributed by atoms with Gasteiger partial charge in [0.1, 0.15) is 5.60 Å². The topological polar surface area (TPSA) is 29.5 Å². The van der Waals surface area contributed by atoms with E-state index in [2.05, 4.69) is 0 Å². The molecule has 1 aromatic carbocycles. The van der Waals surface area contributed by atoms with Crippen LogP contribution in [-0.2, 0) is 4.74 Å². The standard InChI is InChI=1S/C14H16F3NO2/c1-14(2,3)20-13(19)18-6-9(7-18)8-4-10(15)12(17)11(16)5-8/h4-5,9H,6-7H2,1-3H3. The molecule has 1 saturated heterocycles. The minimum absolute atomic E-state index is 0.202. The van der Waals surface area contributed by atoms with Gasteiger partial charge in [-0.05, 0) is 38.5 Å². The lowest BCUT2D eigenvalue weighted by Gasteiger charge is -2.40. The van der Waals surface area contributed by atoms with Crippen LogP contribution in [0.15, 0.2) is 12.1 Å². The van der Waals surface area contributed by atoms with Crippen LogP contribution in [0.4, 0.5) is 18.0 Å². The zero-order valence-corrected chi connectivity index (χ0v) is 11.5. The lowest BCUT2D eigenvalue weighted by molar-refractivity contribution is 0.00815. The number of hydrogen-bond donors (Lipinski definition) is 0. The van der Waals surface area contributed by atoms with E-state index >= 15 is 0 Å². The minimum Gasteiger partial charge on any atom is -0.444 e. The van der Waals surface area contributed by atoms with Crippen molar-refractivity contribution in [1.82, 2.24) is 4.90 Å². The van der Waals surface area contributed by atoms with Crippen molar-refractivity contribution < 1.29 is 22.7 Å². The molecule has 20 heavy (non-hydrogen) atoms. The molecule has 1 heterocycles. The van der Waals surface area contributed by atoms with E-state index in [1.807, 2.05) is 0 Å². The summed E-state index contributed by atoms with van der Waals surface area (Å²) in [5.41, 5.74) is -0.239. The molecule has 0 radical (unpaired) electrons. The quantitative estimate of drug-likeness (QED) is 0.740. The van der Waals surface area contributed by atoms with Crippen LogP contribution in [-0.4, -0.2) is 29.7 Å². The molecule has 0 bridgehead atoms. The summed E-state index contributed by atoms with van der Waals surface area (Å²) in [5.74, 6) is -4.10. The van der Waals surface area contributed by atoms with Crippen LogP contribution in [0.1, 0.15) is 32.3 Å². The molecule has 0 unspecified atom stereocenters. The monoisotopic (exact) mass is 287 g/mol. The predicted octanol–water partition coefficient (Wildman–Crippen LogP) is 3.44. The lowest BCUT2D eigenvalue weighted by Crippen LogP contribution is -2.50. The zero-order valence-electron chi connectivity index (χ0n) is 11.5. The van der Waals surface area contributed by atoms with Crippen LogP contribution < -0.4 is 0 Å². The Morgan fingerprint density at radius 1 is 1.20 bits per heavy atom. The van der Waals surface area contributed by atoms with Gasteiger partial charge in [-0.2, -0.15) is 0 Å². The Hall–Kier alpha value is -1.72. The maximum absolute atomic E-state index is 13.1. The van der Waals surface area contributed by atoms with E-state index in [4.69, 9.17) is 4.74 Å². The van der Waals surface area contributed by atoms with Gasteiger partial charge in [-0.15, -0.1) is 0 Å². The highest BCUT2D eigenvalue weighted by Gasteiger charge is 2.35. The average Bonchev–Trinajstić information content (AvgIpc) is 2.20. The predicted molar refractivity (Wildman–Crippen MR) is 66.9 cm³/mol. The molecule has 2 rings (SSSR count). The molecule has 0 aliphatic carbocycles. The van der Waals surface area contributed by atoms with Crippen molar-refractivity contribution in [2.24, 2.45) is 0 Å². The number of likely N-dealkylation sites (tertiary alicyclic amines) is 1. The smallest absolute Gasteiger partial charge is 0.410 e. The van der Waals surface area contributed by atoms with E-state index in [0.29, 0.717) is 18.7 Å². The van der Waals surface area contributed by atoms with E-state index in [0.717, 1.165) is 12.1 Å². The first kappa shape index (κ1) is 14.7. The Balaban J connectivity index is 1.98. The fourth-order valence-electron chi connectivity index (χ4n) is 1.98. The molecule has 1 amide bonds. The normalized spacial score (nSPS) is 16.0. The number of hydrogen-bond acceptors (Lipinski definition) is 2. The van der Waals surface area contributed by atoms with Gasteiger partial charge < -0.3 is 9.64 Å². The summed E-state index contributed by atoms with van der Waals surface area (Å²) in [6.07, 6.45) is -0.461. The van der Waals surface area contributed by atoms with Crippen LogP contribution in [0.3, 0.4) is 0 Å². The van der Waals surface area contributed by atoms with Gasteiger partial charge in [0, 0.05) is 19.0 Å². The van der Waals surface area contributed by atoms with Gasteiger partial charge in [0.15, 0.2) is 17.5 Å². The van der Waals surface area contributed by atoms with E-state index in [-0.39, 0.29) is 5.92 Å². The van der Waals surface area contributed by atoms with Crippen LogP contribution in [0.25, 0.3) is 0 Å². The summed E-state index contributed by atoms with van der Waals surface area (Å²) in [6, 6.07) is 1.94. The van der Waals surface area contributed by atoms with E-state index in [9.17, 15) is 18.0 Å². The van der Waals surface area contributed by atoms with Crippen molar-refractivity contribution in [3.05, 3.63) is 35.1 Å². The van der Waals surface area contributed by atoms with Crippen molar-refractivity contribution in [3.8, 4) is 0 Å². The number of halogens is 3. The average molecular weight is 287 g/mol. The SMILES string of the molecule is CC(C)(C)OC(=O)N1CC(c2cc(F)c(F)c(F)c2)C1. The van der Waals surface area contributed by atoms with Crippen molar-refractivity contribution in [2.45, 2.75) is 32.3 Å². The second-order valence-corrected chi connectivity index (χ2v) is 5.88. The third-order valence-electron chi connectivity index (χ3n) is 3.01. The van der Waals surface area contributed by atoms with Crippen molar-refractivity contribution >= 4 is 6.09 Å². The number of benzene rings is 1. The molecule has 3 nitrogen and oxygen atoms in total. The molecule has 1 aromatic rings. The summed E-state index contributed by atoms with van der Waals surface area (Å²) in [4.78, 5) is 13.1. The van der Waals surface area contributed by atoms with E-state index in [1.165, 1.54) is 4.90 Å². The minimum atomic E-state index is -1.47. The third-order valence-corrected chi connectivity index (χ3v) is 3.01. The summed E-state index contributed by atoms with van der Waals surface area (Å²) in [7, 11) is 0. The first-order chi connectivity index (χ1) is 9.17. The lowest BCUT2D eigenvalue weighted by atomic mass is 9.91. The fourth-order valence-corrected chi connectivity index (χ4v) is 1.98. The molecule has 0 atom stereocenters. The summed E-state index contributed by atoms with van der Waals surface area (Å²) in [6.45, 7) is 5.88. The van der Waals surface area contributed by atoms with Crippen molar-refractivity contribution in [2.75, 3.05) is 13.1 Å². The molecule has 0 N–H and O–H groups in total. The van der Waals surface area contributed by atoms with Crippen LogP contribution >= 0.6 is 0 Å². The van der Waals surface area contributed by atoms with Gasteiger partial charge >= 0.3 is 6.09 Å². The number of nitrogens with zero attached hydrogens (tertiary/aromatic N) is 1. The summed E-state index contributed by atoms with van der Waals surface area (Å²) >= 11 is 0. The van der Waals surface area contributed by atoms with Gasteiger partial charge in [0.05, 0.1) is 0 Å². The molecule has 6 heteroatoms. The Kier molecular flexibility index (Phi) is 3.67. The first-order valence-electron chi connectivity index (χ1n) is 6.30. The highest BCUT2D eigenvalue weighted by Crippen LogP contribution is 2.30. The molecule has 1 aliphatic rings. The maximum Gasteiger partial charge on any atom is 0.410 e. The first-order valence-corrected chi connectivity index (χ1v) is 6.30. The Bertz CT molecular complexity index is 511. The van der Waals surface area contributed by atoms with E-state index in [1.54, 1.807) is 20.8 Å². The molecule has 0 spiro atoms. The fraction of sp³-hybridized carbons (Fsp3) is 0.500. The van der Waals surface area contributed by atoms with Gasteiger partial charge in [-0.25, -0.2) is 18.0 Å². The maximum atomic E-state index is 13.1. The molecule has 0 saturated carbocycles. The molecule has 1 fully saturated rings. The van der Waals surface area contributed by atoms with Gasteiger partial charge in [-0.1, -0.05) is 0 Å². The number of rotatable bonds is 1. The molecular weight excluding hydrogens is 271 g/mol. The Morgan fingerprint density at radius 3 is 2.15 bits per heavy atom. The number of carbonyl (C=O) groups excluding carboxylic acids is 1. The summed E-state index contributed by atoms with van der Waals surface area (Å²) < 4.78 is 44.3. The Labute approximate surface area is 115 Å². The highest BCUT2D eigenvalue weighted by atomic mass is 19.2. The summed E-state index contributed by atoms with van der Waals surface area (Å²) in [5, 5.41) is 0. The zero-order chi connectivity index (χ0) is 15.1. The number of carbonyl (C=O) groups is 1. The van der Waals surface area contributed by atoms with Gasteiger partial charge in [0.2, 0.25) is 0 Å². The van der Waals surface area contributed by atoms with Gasteiger partial charge in [-0.3, -0.25) is 0 Å². The van der Waals surface area contributed by atoms with Crippen molar-refractivity contribution in [3.63, 3.8) is 0 Å². The molecule has 0 aromatic heterocycles. The van der Waals surface area contributed by atoms with Crippen LogP contribution in [0.5, 0.6) is 0 Å². The third kappa shape index (κ3) is 3.05. The largest absolute Gasteiger partial charge is 0.444 e. The Morgan fingerprint density at radius 2 is 1.70 bits per heavy atom. The molecular formula is C14H16F3NO2.